The van der Waals surface area contributed by atoms with Crippen molar-refractivity contribution >= 4 is 40.8 Å². The van der Waals surface area contributed by atoms with Gasteiger partial charge in [0.2, 0.25) is 5.91 Å². The lowest BCUT2D eigenvalue weighted by Gasteiger charge is -2.35. The number of nitrogens with zero attached hydrogens (tertiary/aromatic N) is 4. The van der Waals surface area contributed by atoms with Crippen molar-refractivity contribution in [2.45, 2.75) is 19.9 Å². The first-order valence-electron chi connectivity index (χ1n) is 12.0. The van der Waals surface area contributed by atoms with Crippen LogP contribution in [0.5, 0.6) is 0 Å². The lowest BCUT2D eigenvalue weighted by atomic mass is 10.0. The summed E-state index contributed by atoms with van der Waals surface area (Å²) in [4.78, 5) is 27.6. The molecule has 0 spiro atoms. The topological polar surface area (TPSA) is 116 Å². The number of benzene rings is 2. The minimum absolute atomic E-state index is 0.101. The average molecular weight is 484 g/mol. The molecule has 36 heavy (non-hydrogen) atoms. The van der Waals surface area contributed by atoms with E-state index in [0.29, 0.717) is 18.1 Å². The third-order valence-electron chi connectivity index (χ3n) is 6.64. The number of nitrogens with one attached hydrogen (secondary N) is 2. The lowest BCUT2D eigenvalue weighted by molar-refractivity contribution is -0.129. The maximum atomic E-state index is 12.0. The maximum Gasteiger partial charge on any atom is 0.271 e. The van der Waals surface area contributed by atoms with Crippen molar-refractivity contribution in [1.82, 2.24) is 15.1 Å². The fraction of sp³-hybridized carbons (Fsp3) is 0.259. The molecule has 1 aliphatic carbocycles. The first kappa shape index (κ1) is 23.3. The molecule has 2 aliphatic rings. The zero-order valence-electron chi connectivity index (χ0n) is 20.2. The standard InChI is InChI=1S/C27H29N7O2/c1-18(35)33-12-14-34(15-13-33)22-10-8-21(9-11-22)30-25-16-24(26(27(28)36)32-31-25)29-17-20-6-2-4-19-5-3-7-23(19)20/h2-4,6-11,16H,5,12-15,17H2,1H3,(H2,28,36)(H2,29,30,31). The van der Waals surface area contributed by atoms with Gasteiger partial charge in [0, 0.05) is 57.1 Å². The Balaban J connectivity index is 1.27. The summed E-state index contributed by atoms with van der Waals surface area (Å²) in [6, 6.07) is 16.0. The van der Waals surface area contributed by atoms with E-state index in [-0.39, 0.29) is 11.6 Å². The molecule has 3 aromatic rings. The minimum atomic E-state index is -0.635. The molecule has 5 rings (SSSR count). The molecule has 1 aromatic heterocycles. The van der Waals surface area contributed by atoms with E-state index in [2.05, 4.69) is 50.0 Å². The summed E-state index contributed by atoms with van der Waals surface area (Å²) < 4.78 is 0. The molecule has 184 valence electrons. The number of piperazine rings is 1. The number of aromatic nitrogens is 2. The van der Waals surface area contributed by atoms with Gasteiger partial charge in [-0.3, -0.25) is 9.59 Å². The first-order chi connectivity index (χ1) is 17.5. The van der Waals surface area contributed by atoms with Crippen molar-refractivity contribution in [1.29, 1.82) is 0 Å². The van der Waals surface area contributed by atoms with Gasteiger partial charge in [-0.2, -0.15) is 0 Å². The minimum Gasteiger partial charge on any atom is -0.379 e. The van der Waals surface area contributed by atoms with E-state index in [1.165, 1.54) is 11.1 Å². The SMILES string of the molecule is CC(=O)N1CCN(c2ccc(Nc3cc(NCc4cccc5c4C=CC5)c(C(N)=O)nn3)cc2)CC1. The van der Waals surface area contributed by atoms with E-state index in [4.69, 9.17) is 5.73 Å². The summed E-state index contributed by atoms with van der Waals surface area (Å²) in [6.45, 7) is 5.22. The van der Waals surface area contributed by atoms with E-state index in [1.54, 1.807) is 13.0 Å². The van der Waals surface area contributed by atoms with Crippen molar-refractivity contribution in [3.8, 4) is 0 Å². The smallest absolute Gasteiger partial charge is 0.271 e. The van der Waals surface area contributed by atoms with Crippen LogP contribution in [0.4, 0.5) is 22.9 Å². The van der Waals surface area contributed by atoms with Crippen LogP contribution in [0.2, 0.25) is 0 Å². The number of carbonyl (C=O) groups excluding carboxylic acids is 2. The van der Waals surface area contributed by atoms with Gasteiger partial charge in [-0.05, 0) is 47.4 Å². The number of hydrogen-bond acceptors (Lipinski definition) is 7. The van der Waals surface area contributed by atoms with Crippen molar-refractivity contribution < 1.29 is 9.59 Å². The average Bonchev–Trinajstić information content (AvgIpc) is 3.38. The third kappa shape index (κ3) is 5.00. The van der Waals surface area contributed by atoms with Crippen molar-refractivity contribution in [3.63, 3.8) is 0 Å². The van der Waals surface area contributed by atoms with E-state index < -0.39 is 5.91 Å². The molecule has 0 bridgehead atoms. The molecule has 1 fully saturated rings. The molecule has 4 N–H and O–H groups in total. The van der Waals surface area contributed by atoms with Gasteiger partial charge in [0.15, 0.2) is 11.5 Å². The van der Waals surface area contributed by atoms with Gasteiger partial charge in [-0.25, -0.2) is 0 Å². The van der Waals surface area contributed by atoms with Crippen molar-refractivity contribution in [3.05, 3.63) is 77.0 Å². The molecule has 1 aliphatic heterocycles. The molecule has 1 saturated heterocycles. The van der Waals surface area contributed by atoms with Gasteiger partial charge in [0.25, 0.3) is 5.91 Å². The van der Waals surface area contributed by atoms with Crippen LogP contribution in [0.1, 0.15) is 34.1 Å². The van der Waals surface area contributed by atoms with Gasteiger partial charge >= 0.3 is 0 Å². The largest absolute Gasteiger partial charge is 0.379 e. The Hall–Kier alpha value is -4.40. The summed E-state index contributed by atoms with van der Waals surface area (Å²) in [6.07, 6.45) is 5.22. The second-order valence-corrected chi connectivity index (χ2v) is 8.97. The van der Waals surface area contributed by atoms with Crippen LogP contribution >= 0.6 is 0 Å². The predicted molar refractivity (Wildman–Crippen MR) is 141 cm³/mol. The summed E-state index contributed by atoms with van der Waals surface area (Å²) >= 11 is 0. The zero-order chi connectivity index (χ0) is 25.1. The van der Waals surface area contributed by atoms with Gasteiger partial charge in [0.1, 0.15) is 0 Å². The molecule has 2 amide bonds. The third-order valence-corrected chi connectivity index (χ3v) is 6.64. The quantitative estimate of drug-likeness (QED) is 0.473. The van der Waals surface area contributed by atoms with Crippen LogP contribution in [0.3, 0.4) is 0 Å². The highest BCUT2D eigenvalue weighted by atomic mass is 16.2. The van der Waals surface area contributed by atoms with Crippen LogP contribution in [0.25, 0.3) is 6.08 Å². The second-order valence-electron chi connectivity index (χ2n) is 8.97. The van der Waals surface area contributed by atoms with Gasteiger partial charge in [-0.15, -0.1) is 10.2 Å². The molecule has 2 aromatic carbocycles. The highest BCUT2D eigenvalue weighted by Crippen LogP contribution is 2.26. The highest BCUT2D eigenvalue weighted by molar-refractivity contribution is 5.96. The van der Waals surface area contributed by atoms with Crippen molar-refractivity contribution in [2.24, 2.45) is 5.73 Å². The Kier molecular flexibility index (Phi) is 6.53. The molecule has 9 heteroatoms. The summed E-state index contributed by atoms with van der Waals surface area (Å²) in [7, 11) is 0. The predicted octanol–water partition coefficient (Wildman–Crippen LogP) is 3.17. The Labute approximate surface area is 210 Å². The second kappa shape index (κ2) is 10.1. The number of hydrogen-bond donors (Lipinski definition) is 3. The Bertz CT molecular complexity index is 1310. The number of rotatable bonds is 7. The number of allylic oxidation sites excluding steroid dienone is 1. The van der Waals surface area contributed by atoms with Gasteiger partial charge in [-0.1, -0.05) is 30.4 Å². The molecular formula is C27H29N7O2. The Morgan fingerprint density at radius 3 is 2.53 bits per heavy atom. The maximum absolute atomic E-state index is 12.0. The number of amides is 2. The van der Waals surface area contributed by atoms with Crippen LogP contribution in [-0.4, -0.2) is 53.1 Å². The number of carbonyl (C=O) groups is 2. The highest BCUT2D eigenvalue weighted by Gasteiger charge is 2.19. The molecular weight excluding hydrogens is 454 g/mol. The fourth-order valence-electron chi connectivity index (χ4n) is 4.66. The van der Waals surface area contributed by atoms with E-state index in [9.17, 15) is 9.59 Å². The summed E-state index contributed by atoms with van der Waals surface area (Å²) in [5.74, 6) is -0.0106. The number of nitrogens with two attached hydrogens (primary N) is 1. The van der Waals surface area contributed by atoms with Gasteiger partial charge < -0.3 is 26.2 Å². The molecule has 0 radical (unpaired) electrons. The fourth-order valence-corrected chi connectivity index (χ4v) is 4.66. The monoisotopic (exact) mass is 483 g/mol. The summed E-state index contributed by atoms with van der Waals surface area (Å²) in [5, 5.41) is 14.8. The zero-order valence-corrected chi connectivity index (χ0v) is 20.2. The number of anilines is 4. The molecule has 2 heterocycles. The Morgan fingerprint density at radius 1 is 1.03 bits per heavy atom. The van der Waals surface area contributed by atoms with Crippen LogP contribution in [0, 0.1) is 0 Å². The molecule has 0 unspecified atom stereocenters. The Morgan fingerprint density at radius 2 is 1.81 bits per heavy atom. The molecule has 0 atom stereocenters. The number of fused-ring (bicyclic) bond motifs is 1. The normalized spacial score (nSPS) is 14.5. The summed E-state index contributed by atoms with van der Waals surface area (Å²) in [5.41, 5.74) is 11.8. The van der Waals surface area contributed by atoms with Crippen molar-refractivity contribution in [2.75, 3.05) is 41.7 Å². The van der Waals surface area contributed by atoms with Crippen LogP contribution in [-0.2, 0) is 17.8 Å². The molecule has 9 nitrogen and oxygen atoms in total. The van der Waals surface area contributed by atoms with E-state index in [0.717, 1.165) is 49.5 Å². The van der Waals surface area contributed by atoms with Gasteiger partial charge in [0.05, 0.1) is 5.69 Å². The lowest BCUT2D eigenvalue weighted by Crippen LogP contribution is -2.48. The first-order valence-corrected chi connectivity index (χ1v) is 12.0. The molecule has 0 saturated carbocycles. The number of primary amides is 1. The van der Waals surface area contributed by atoms with Crippen LogP contribution < -0.4 is 21.3 Å². The van der Waals surface area contributed by atoms with E-state index in [1.807, 2.05) is 35.2 Å². The van der Waals surface area contributed by atoms with E-state index >= 15 is 0 Å². The van der Waals surface area contributed by atoms with Crippen LogP contribution in [0.15, 0.2) is 54.6 Å².